The largest absolute Gasteiger partial charge is 0.391 e. The van der Waals surface area contributed by atoms with Crippen molar-refractivity contribution in [2.45, 2.75) is 39.8 Å². The average molecular weight is 305 g/mol. The minimum atomic E-state index is -0.579. The monoisotopic (exact) mass is 304 g/mol. The summed E-state index contributed by atoms with van der Waals surface area (Å²) in [7, 11) is 0. The molecule has 0 aliphatic heterocycles. The van der Waals surface area contributed by atoms with E-state index in [0.29, 0.717) is 4.34 Å². The summed E-state index contributed by atoms with van der Waals surface area (Å²) in [5, 5.41) is 15.3. The lowest BCUT2D eigenvalue weighted by atomic mass is 9.89. The summed E-state index contributed by atoms with van der Waals surface area (Å²) in [5.41, 5.74) is -0.250. The number of amides is 2. The quantitative estimate of drug-likeness (QED) is 0.800. The molecule has 6 heteroatoms. The molecule has 0 bridgehead atoms. The number of hydrogen-bond acceptors (Lipinski definition) is 3. The van der Waals surface area contributed by atoms with Crippen molar-refractivity contribution >= 4 is 29.0 Å². The van der Waals surface area contributed by atoms with Gasteiger partial charge in [0.15, 0.2) is 0 Å². The normalized spacial score (nSPS) is 14.8. The maximum absolute atomic E-state index is 11.7. The van der Waals surface area contributed by atoms with Crippen LogP contribution in [0.2, 0.25) is 4.34 Å². The van der Waals surface area contributed by atoms with Crippen molar-refractivity contribution in [2.75, 3.05) is 6.54 Å². The van der Waals surface area contributed by atoms with Gasteiger partial charge in [-0.15, -0.1) is 11.3 Å². The number of aliphatic hydroxyl groups is 1. The molecule has 0 aromatic carbocycles. The minimum absolute atomic E-state index is 0.107. The Bertz CT molecular complexity index is 429. The highest BCUT2D eigenvalue weighted by molar-refractivity contribution is 7.16. The Morgan fingerprint density at radius 2 is 2.11 bits per heavy atom. The van der Waals surface area contributed by atoms with E-state index in [-0.39, 0.29) is 24.0 Å². The molecule has 108 valence electrons. The van der Waals surface area contributed by atoms with Gasteiger partial charge in [0.25, 0.3) is 0 Å². The van der Waals surface area contributed by atoms with Crippen LogP contribution >= 0.6 is 22.9 Å². The Balaban J connectivity index is 2.39. The molecule has 0 saturated heterocycles. The Hall–Kier alpha value is -0.780. The van der Waals surface area contributed by atoms with Gasteiger partial charge in [-0.2, -0.15) is 0 Å². The second-order valence-electron chi connectivity index (χ2n) is 5.60. The molecule has 1 rings (SSSR count). The Morgan fingerprint density at radius 1 is 1.47 bits per heavy atom. The fourth-order valence-corrected chi connectivity index (χ4v) is 2.44. The predicted octanol–water partition coefficient (Wildman–Crippen LogP) is 3.17. The fraction of sp³-hybridized carbons (Fsp3) is 0.615. The van der Waals surface area contributed by atoms with Gasteiger partial charge in [0.2, 0.25) is 0 Å². The summed E-state index contributed by atoms with van der Waals surface area (Å²) in [4.78, 5) is 12.7. The molecule has 0 spiro atoms. The number of urea groups is 1. The molecule has 0 aliphatic rings. The third-order valence-corrected chi connectivity index (χ3v) is 4.24. The standard InChI is InChI=1S/C13H21ClN2O2S/c1-8(9-5-6-11(14)19-9)16-12(18)15-7-10(17)13(2,3)4/h5-6,8,10,17H,7H2,1-4H3,(H2,15,16,18). The zero-order chi connectivity index (χ0) is 14.6. The van der Waals surface area contributed by atoms with Gasteiger partial charge in [-0.3, -0.25) is 0 Å². The van der Waals surface area contributed by atoms with Crippen LogP contribution in [0.4, 0.5) is 4.79 Å². The molecule has 0 fully saturated rings. The van der Waals surface area contributed by atoms with Crippen LogP contribution in [0.1, 0.15) is 38.6 Å². The van der Waals surface area contributed by atoms with Crippen LogP contribution in [0.3, 0.4) is 0 Å². The first-order valence-corrected chi connectivity index (χ1v) is 7.37. The van der Waals surface area contributed by atoms with Gasteiger partial charge < -0.3 is 15.7 Å². The Kier molecular flexibility index (Phi) is 5.64. The Morgan fingerprint density at radius 3 is 2.58 bits per heavy atom. The highest BCUT2D eigenvalue weighted by atomic mass is 35.5. The molecule has 0 radical (unpaired) electrons. The molecular formula is C13H21ClN2O2S. The number of halogens is 1. The molecule has 1 aromatic rings. The van der Waals surface area contributed by atoms with E-state index in [4.69, 9.17) is 11.6 Å². The second kappa shape index (κ2) is 6.59. The topological polar surface area (TPSA) is 61.4 Å². The second-order valence-corrected chi connectivity index (χ2v) is 7.35. The van der Waals surface area contributed by atoms with E-state index in [1.54, 1.807) is 6.07 Å². The van der Waals surface area contributed by atoms with Crippen molar-refractivity contribution in [2.24, 2.45) is 5.41 Å². The third kappa shape index (κ3) is 5.38. The third-order valence-electron chi connectivity index (χ3n) is 2.82. The first-order chi connectivity index (χ1) is 8.70. The first-order valence-electron chi connectivity index (χ1n) is 6.18. The van der Waals surface area contributed by atoms with Crippen LogP contribution in [0.5, 0.6) is 0 Å². The van der Waals surface area contributed by atoms with Crippen molar-refractivity contribution < 1.29 is 9.90 Å². The molecule has 19 heavy (non-hydrogen) atoms. The summed E-state index contributed by atoms with van der Waals surface area (Å²) in [6, 6.07) is 3.30. The van der Waals surface area contributed by atoms with E-state index in [9.17, 15) is 9.90 Å². The van der Waals surface area contributed by atoms with E-state index in [0.717, 1.165) is 4.88 Å². The number of nitrogens with one attached hydrogen (secondary N) is 2. The molecule has 0 saturated carbocycles. The van der Waals surface area contributed by atoms with E-state index >= 15 is 0 Å². The zero-order valence-electron chi connectivity index (χ0n) is 11.7. The molecular weight excluding hydrogens is 284 g/mol. The average Bonchev–Trinajstić information content (AvgIpc) is 2.71. The zero-order valence-corrected chi connectivity index (χ0v) is 13.2. The summed E-state index contributed by atoms with van der Waals surface area (Å²) < 4.78 is 0.701. The summed E-state index contributed by atoms with van der Waals surface area (Å²) in [6.07, 6.45) is -0.579. The number of hydrogen-bond donors (Lipinski definition) is 3. The summed E-state index contributed by atoms with van der Waals surface area (Å²) >= 11 is 7.29. The van der Waals surface area contributed by atoms with Crippen molar-refractivity contribution in [1.29, 1.82) is 0 Å². The van der Waals surface area contributed by atoms with E-state index < -0.39 is 6.10 Å². The van der Waals surface area contributed by atoms with Crippen molar-refractivity contribution in [3.05, 3.63) is 21.3 Å². The fourth-order valence-electron chi connectivity index (χ4n) is 1.38. The van der Waals surface area contributed by atoms with Crippen LogP contribution in [0, 0.1) is 5.41 Å². The van der Waals surface area contributed by atoms with Crippen molar-refractivity contribution in [3.8, 4) is 0 Å². The van der Waals surface area contributed by atoms with E-state index in [1.807, 2.05) is 33.8 Å². The molecule has 1 heterocycles. The number of thiophene rings is 1. The molecule has 2 atom stereocenters. The highest BCUT2D eigenvalue weighted by Gasteiger charge is 2.22. The first kappa shape index (κ1) is 16.3. The molecule has 1 aromatic heterocycles. The minimum Gasteiger partial charge on any atom is -0.391 e. The van der Waals surface area contributed by atoms with Gasteiger partial charge in [0, 0.05) is 11.4 Å². The highest BCUT2D eigenvalue weighted by Crippen LogP contribution is 2.26. The van der Waals surface area contributed by atoms with Gasteiger partial charge in [0.1, 0.15) is 0 Å². The van der Waals surface area contributed by atoms with Gasteiger partial charge in [-0.05, 0) is 24.5 Å². The number of carbonyl (C=O) groups excluding carboxylic acids is 1. The van der Waals surface area contributed by atoms with E-state index in [2.05, 4.69) is 10.6 Å². The molecule has 2 amide bonds. The molecule has 4 nitrogen and oxygen atoms in total. The van der Waals surface area contributed by atoms with Crippen LogP contribution in [0.15, 0.2) is 12.1 Å². The van der Waals surface area contributed by atoms with Gasteiger partial charge in [-0.25, -0.2) is 4.79 Å². The van der Waals surface area contributed by atoms with E-state index in [1.165, 1.54) is 11.3 Å². The lowest BCUT2D eigenvalue weighted by Gasteiger charge is -2.26. The summed E-state index contributed by atoms with van der Waals surface area (Å²) in [5.74, 6) is 0. The molecule has 3 N–H and O–H groups in total. The van der Waals surface area contributed by atoms with Gasteiger partial charge >= 0.3 is 6.03 Å². The van der Waals surface area contributed by atoms with Crippen LogP contribution in [-0.4, -0.2) is 23.8 Å². The molecule has 2 unspecified atom stereocenters. The van der Waals surface area contributed by atoms with Gasteiger partial charge in [-0.1, -0.05) is 32.4 Å². The smallest absolute Gasteiger partial charge is 0.315 e. The van der Waals surface area contributed by atoms with Gasteiger partial charge in [0.05, 0.1) is 16.5 Å². The van der Waals surface area contributed by atoms with Crippen molar-refractivity contribution in [1.82, 2.24) is 10.6 Å². The predicted molar refractivity (Wildman–Crippen MR) is 79.7 cm³/mol. The number of aliphatic hydroxyl groups excluding tert-OH is 1. The SMILES string of the molecule is CC(NC(=O)NCC(O)C(C)(C)C)c1ccc(Cl)s1. The number of rotatable bonds is 4. The lowest BCUT2D eigenvalue weighted by Crippen LogP contribution is -2.44. The lowest BCUT2D eigenvalue weighted by molar-refractivity contribution is 0.0649. The van der Waals surface area contributed by atoms with Crippen molar-refractivity contribution in [3.63, 3.8) is 0 Å². The summed E-state index contributed by atoms with van der Waals surface area (Å²) in [6.45, 7) is 7.89. The maximum Gasteiger partial charge on any atom is 0.315 e. The van der Waals surface area contributed by atoms with Crippen LogP contribution < -0.4 is 10.6 Å². The van der Waals surface area contributed by atoms with Crippen LogP contribution in [0.25, 0.3) is 0 Å². The van der Waals surface area contributed by atoms with Crippen LogP contribution in [-0.2, 0) is 0 Å². The molecule has 0 aliphatic carbocycles. The number of carbonyl (C=O) groups is 1. The maximum atomic E-state index is 11.7. The Labute approximate surface area is 123 Å².